The number of hydrogen-bond acceptors (Lipinski definition) is 3. The summed E-state index contributed by atoms with van der Waals surface area (Å²) in [6.45, 7) is 7.26. The van der Waals surface area contributed by atoms with E-state index in [2.05, 4.69) is 18.8 Å². The third-order valence-electron chi connectivity index (χ3n) is 4.62. The van der Waals surface area contributed by atoms with E-state index in [1.165, 1.54) is 0 Å². The van der Waals surface area contributed by atoms with Gasteiger partial charge in [0.2, 0.25) is 0 Å². The van der Waals surface area contributed by atoms with Gasteiger partial charge < -0.3 is 9.84 Å². The lowest BCUT2D eigenvalue weighted by molar-refractivity contribution is -0.151. The van der Waals surface area contributed by atoms with Gasteiger partial charge >= 0.3 is 0 Å². The monoisotopic (exact) mass is 277 g/mol. The molecule has 1 fully saturated rings. The second-order valence-corrected chi connectivity index (χ2v) is 6.70. The van der Waals surface area contributed by atoms with Gasteiger partial charge in [0.25, 0.3) is 0 Å². The van der Waals surface area contributed by atoms with E-state index < -0.39 is 6.10 Å². The van der Waals surface area contributed by atoms with E-state index in [-0.39, 0.29) is 5.60 Å². The Kier molecular flexibility index (Phi) is 4.82. The summed E-state index contributed by atoms with van der Waals surface area (Å²) in [4.78, 5) is 4.32. The lowest BCUT2D eigenvalue weighted by Crippen LogP contribution is -2.50. The van der Waals surface area contributed by atoms with Crippen LogP contribution < -0.4 is 0 Å². The summed E-state index contributed by atoms with van der Waals surface area (Å²) in [5, 5.41) is 10.7. The maximum absolute atomic E-state index is 10.7. The van der Waals surface area contributed by atoms with Crippen LogP contribution in [0.1, 0.15) is 52.1 Å². The van der Waals surface area contributed by atoms with Crippen molar-refractivity contribution in [2.45, 2.75) is 64.6 Å². The molecule has 0 saturated heterocycles. The molecule has 20 heavy (non-hydrogen) atoms. The second-order valence-electron chi connectivity index (χ2n) is 6.70. The molecule has 2 rings (SSSR count). The van der Waals surface area contributed by atoms with Gasteiger partial charge in [-0.2, -0.15) is 0 Å². The van der Waals surface area contributed by atoms with Crippen molar-refractivity contribution in [1.29, 1.82) is 0 Å². The van der Waals surface area contributed by atoms with Gasteiger partial charge in [-0.3, -0.25) is 4.98 Å². The zero-order valence-electron chi connectivity index (χ0n) is 12.9. The minimum absolute atomic E-state index is 0.366. The first-order valence-electron chi connectivity index (χ1n) is 7.69. The number of nitrogens with zero attached hydrogens (tertiary/aromatic N) is 1. The quantitative estimate of drug-likeness (QED) is 0.897. The van der Waals surface area contributed by atoms with Crippen molar-refractivity contribution in [2.75, 3.05) is 6.61 Å². The highest BCUT2D eigenvalue weighted by molar-refractivity contribution is 5.07. The van der Waals surface area contributed by atoms with Crippen molar-refractivity contribution in [3.8, 4) is 0 Å². The van der Waals surface area contributed by atoms with E-state index in [4.69, 9.17) is 4.74 Å². The molecule has 112 valence electrons. The molecular weight excluding hydrogens is 250 g/mol. The molecule has 1 aromatic heterocycles. The van der Waals surface area contributed by atoms with Crippen LogP contribution in [0.2, 0.25) is 0 Å². The van der Waals surface area contributed by atoms with Crippen molar-refractivity contribution < 1.29 is 9.84 Å². The molecule has 1 unspecified atom stereocenters. The van der Waals surface area contributed by atoms with Crippen LogP contribution in [-0.2, 0) is 11.2 Å². The first-order chi connectivity index (χ1) is 9.47. The normalized spacial score (nSPS) is 22.4. The van der Waals surface area contributed by atoms with E-state index >= 15 is 0 Å². The molecule has 0 radical (unpaired) electrons. The van der Waals surface area contributed by atoms with Gasteiger partial charge in [-0.25, -0.2) is 0 Å². The topological polar surface area (TPSA) is 42.4 Å². The number of rotatable bonds is 5. The number of aromatic nitrogens is 1. The standard InChI is InChI=1S/C17H27NO2/c1-4-20-17(10-8-16(2,3)9-11-17)15(19)13-14-7-5-6-12-18-14/h5-7,12,15,19H,4,8-11,13H2,1-3H3. The van der Waals surface area contributed by atoms with E-state index in [1.54, 1.807) is 6.20 Å². The van der Waals surface area contributed by atoms with Crippen molar-refractivity contribution in [3.63, 3.8) is 0 Å². The smallest absolute Gasteiger partial charge is 0.0944 e. The molecule has 1 aliphatic carbocycles. The highest BCUT2D eigenvalue weighted by Crippen LogP contribution is 2.44. The molecule has 3 nitrogen and oxygen atoms in total. The van der Waals surface area contributed by atoms with Crippen LogP contribution in [0.25, 0.3) is 0 Å². The summed E-state index contributed by atoms with van der Waals surface area (Å²) < 4.78 is 6.02. The van der Waals surface area contributed by atoms with E-state index in [0.717, 1.165) is 31.4 Å². The predicted octanol–water partition coefficient (Wildman–Crippen LogP) is 3.36. The highest BCUT2D eigenvalue weighted by atomic mass is 16.5. The van der Waals surface area contributed by atoms with Gasteiger partial charge in [0.1, 0.15) is 0 Å². The summed E-state index contributed by atoms with van der Waals surface area (Å²) in [6.07, 6.45) is 5.94. The Bertz CT molecular complexity index is 406. The van der Waals surface area contributed by atoms with Gasteiger partial charge in [0.05, 0.1) is 11.7 Å². The number of aliphatic hydroxyl groups is 1. The van der Waals surface area contributed by atoms with E-state index in [9.17, 15) is 5.11 Å². The van der Waals surface area contributed by atoms with Crippen LogP contribution in [0.4, 0.5) is 0 Å². The van der Waals surface area contributed by atoms with Crippen LogP contribution in [0.5, 0.6) is 0 Å². The molecule has 1 N–H and O–H groups in total. The fourth-order valence-corrected chi connectivity index (χ4v) is 3.11. The molecule has 0 bridgehead atoms. The average Bonchev–Trinajstić information content (AvgIpc) is 2.43. The molecule has 1 atom stereocenters. The Morgan fingerprint density at radius 2 is 1.95 bits per heavy atom. The van der Waals surface area contributed by atoms with Gasteiger partial charge in [-0.05, 0) is 50.2 Å². The molecule has 3 heteroatoms. The number of ether oxygens (including phenoxy) is 1. The molecule has 0 amide bonds. The molecule has 1 aliphatic rings. The molecule has 1 saturated carbocycles. The second kappa shape index (κ2) is 6.23. The van der Waals surface area contributed by atoms with Gasteiger partial charge in [-0.15, -0.1) is 0 Å². The van der Waals surface area contributed by atoms with Crippen molar-refractivity contribution in [3.05, 3.63) is 30.1 Å². The Morgan fingerprint density at radius 1 is 1.25 bits per heavy atom. The minimum atomic E-state index is -0.478. The minimum Gasteiger partial charge on any atom is -0.390 e. The van der Waals surface area contributed by atoms with Crippen molar-refractivity contribution in [2.24, 2.45) is 5.41 Å². The van der Waals surface area contributed by atoms with E-state index in [1.807, 2.05) is 25.1 Å². The summed E-state index contributed by atoms with van der Waals surface area (Å²) in [7, 11) is 0. The molecule has 1 aromatic rings. The summed E-state index contributed by atoms with van der Waals surface area (Å²) in [5.74, 6) is 0. The third-order valence-corrected chi connectivity index (χ3v) is 4.62. The highest BCUT2D eigenvalue weighted by Gasteiger charge is 2.44. The van der Waals surface area contributed by atoms with E-state index in [0.29, 0.717) is 18.4 Å². The van der Waals surface area contributed by atoms with Crippen LogP contribution in [0, 0.1) is 5.41 Å². The zero-order chi connectivity index (χ0) is 14.6. The van der Waals surface area contributed by atoms with Crippen LogP contribution in [0.3, 0.4) is 0 Å². The Balaban J connectivity index is 2.08. The number of pyridine rings is 1. The lowest BCUT2D eigenvalue weighted by Gasteiger charge is -2.45. The van der Waals surface area contributed by atoms with Crippen molar-refractivity contribution in [1.82, 2.24) is 4.98 Å². The first kappa shape index (κ1) is 15.5. The Hall–Kier alpha value is -0.930. The maximum Gasteiger partial charge on any atom is 0.0944 e. The van der Waals surface area contributed by atoms with Crippen LogP contribution >= 0.6 is 0 Å². The number of hydrogen-bond donors (Lipinski definition) is 1. The van der Waals surface area contributed by atoms with Gasteiger partial charge in [0.15, 0.2) is 0 Å². The summed E-state index contributed by atoms with van der Waals surface area (Å²) in [5.41, 5.74) is 0.913. The SMILES string of the molecule is CCOC1(C(O)Cc2ccccn2)CCC(C)(C)CC1. The predicted molar refractivity (Wildman–Crippen MR) is 80.6 cm³/mol. The zero-order valence-corrected chi connectivity index (χ0v) is 12.9. The van der Waals surface area contributed by atoms with Crippen molar-refractivity contribution >= 4 is 0 Å². The van der Waals surface area contributed by atoms with Crippen LogP contribution in [-0.4, -0.2) is 28.4 Å². The third kappa shape index (κ3) is 3.58. The first-order valence-corrected chi connectivity index (χ1v) is 7.69. The molecule has 0 spiro atoms. The fourth-order valence-electron chi connectivity index (χ4n) is 3.11. The molecule has 0 aliphatic heterocycles. The van der Waals surface area contributed by atoms with Gasteiger partial charge in [-0.1, -0.05) is 19.9 Å². The van der Waals surface area contributed by atoms with Crippen LogP contribution in [0.15, 0.2) is 24.4 Å². The summed E-state index contributed by atoms with van der Waals surface area (Å²) in [6, 6.07) is 5.83. The average molecular weight is 277 g/mol. The molecule has 0 aromatic carbocycles. The summed E-state index contributed by atoms with van der Waals surface area (Å²) >= 11 is 0. The Morgan fingerprint density at radius 3 is 2.50 bits per heavy atom. The molecular formula is C17H27NO2. The maximum atomic E-state index is 10.7. The Labute approximate surface area is 122 Å². The fraction of sp³-hybridized carbons (Fsp3) is 0.706. The lowest BCUT2D eigenvalue weighted by atomic mass is 9.68. The largest absolute Gasteiger partial charge is 0.390 e. The number of aliphatic hydroxyl groups excluding tert-OH is 1. The molecule has 1 heterocycles. The van der Waals surface area contributed by atoms with Gasteiger partial charge in [0, 0.05) is 24.9 Å².